The number of amides is 3. The number of benzene rings is 2. The van der Waals surface area contributed by atoms with Crippen molar-refractivity contribution in [3.63, 3.8) is 0 Å². The van der Waals surface area contributed by atoms with Crippen molar-refractivity contribution in [3.05, 3.63) is 95.6 Å². The number of pyridine rings is 1. The van der Waals surface area contributed by atoms with E-state index in [0.717, 1.165) is 16.0 Å². The fourth-order valence-corrected chi connectivity index (χ4v) is 3.68. The first-order valence-corrected chi connectivity index (χ1v) is 9.83. The number of rotatable bonds is 5. The number of hydrogen-bond acceptors (Lipinski definition) is 4. The van der Waals surface area contributed by atoms with Crippen molar-refractivity contribution in [1.82, 2.24) is 9.88 Å². The number of carbonyl (C=O) groups excluding carboxylic acids is 3. The van der Waals surface area contributed by atoms with Gasteiger partial charge in [-0.25, -0.2) is 9.29 Å². The van der Waals surface area contributed by atoms with Crippen LogP contribution in [0, 0.1) is 12.7 Å². The lowest BCUT2D eigenvalue weighted by Crippen LogP contribution is -2.45. The van der Waals surface area contributed by atoms with E-state index in [2.05, 4.69) is 4.98 Å². The summed E-state index contributed by atoms with van der Waals surface area (Å²) in [5.41, 5.74) is 2.37. The molecule has 6 nitrogen and oxygen atoms in total. The second-order valence-corrected chi connectivity index (χ2v) is 7.43. The van der Waals surface area contributed by atoms with Gasteiger partial charge in [-0.2, -0.15) is 0 Å². The highest BCUT2D eigenvalue weighted by Crippen LogP contribution is 2.28. The molecule has 0 spiro atoms. The number of anilines is 1. The Bertz CT molecular complexity index is 1130. The van der Waals surface area contributed by atoms with E-state index in [1.807, 2.05) is 19.1 Å². The monoisotopic (exact) mass is 417 g/mol. The molecule has 1 aliphatic heterocycles. The zero-order valence-electron chi connectivity index (χ0n) is 16.9. The van der Waals surface area contributed by atoms with Crippen LogP contribution in [0.4, 0.5) is 10.1 Å². The van der Waals surface area contributed by atoms with Gasteiger partial charge in [-0.05, 0) is 55.0 Å². The van der Waals surface area contributed by atoms with Crippen molar-refractivity contribution in [2.75, 3.05) is 4.90 Å². The summed E-state index contributed by atoms with van der Waals surface area (Å²) < 4.78 is 13.3. The smallest absolute Gasteiger partial charge is 0.257 e. The number of nitrogens with zero attached hydrogens (tertiary/aromatic N) is 3. The second-order valence-electron chi connectivity index (χ2n) is 7.43. The Balaban J connectivity index is 1.69. The van der Waals surface area contributed by atoms with Crippen LogP contribution in [-0.4, -0.2) is 33.6 Å². The minimum absolute atomic E-state index is 0.127. The van der Waals surface area contributed by atoms with Gasteiger partial charge >= 0.3 is 0 Å². The first kappa shape index (κ1) is 20.4. The van der Waals surface area contributed by atoms with Crippen LogP contribution in [0.15, 0.2) is 73.1 Å². The van der Waals surface area contributed by atoms with Crippen molar-refractivity contribution in [1.29, 1.82) is 0 Å². The number of hydrogen-bond donors (Lipinski definition) is 0. The maximum absolute atomic E-state index is 13.4. The minimum atomic E-state index is -0.967. The molecule has 4 rings (SSSR count). The largest absolute Gasteiger partial charge is 0.322 e. The van der Waals surface area contributed by atoms with E-state index in [1.54, 1.807) is 36.7 Å². The number of aryl methyl sites for hydroxylation is 1. The molecule has 31 heavy (non-hydrogen) atoms. The molecule has 1 aromatic heterocycles. The summed E-state index contributed by atoms with van der Waals surface area (Å²) >= 11 is 0. The molecule has 2 heterocycles. The molecule has 0 radical (unpaired) electrons. The molecule has 0 bridgehead atoms. The number of halogens is 1. The molecule has 0 saturated carbocycles. The summed E-state index contributed by atoms with van der Waals surface area (Å²) in [5, 5.41) is 0. The van der Waals surface area contributed by atoms with Crippen molar-refractivity contribution in [3.8, 4) is 0 Å². The van der Waals surface area contributed by atoms with Crippen LogP contribution in [0.1, 0.15) is 27.9 Å². The number of carbonyl (C=O) groups is 3. The Morgan fingerprint density at radius 1 is 1.13 bits per heavy atom. The molecule has 1 unspecified atom stereocenters. The maximum Gasteiger partial charge on any atom is 0.257 e. The van der Waals surface area contributed by atoms with Crippen LogP contribution in [0.25, 0.3) is 0 Å². The van der Waals surface area contributed by atoms with Crippen LogP contribution in [0.5, 0.6) is 0 Å². The first-order valence-electron chi connectivity index (χ1n) is 9.83. The third kappa shape index (κ3) is 4.21. The highest BCUT2D eigenvalue weighted by molar-refractivity contribution is 6.23. The van der Waals surface area contributed by atoms with Crippen LogP contribution in [-0.2, 0) is 16.1 Å². The third-order valence-electron chi connectivity index (χ3n) is 5.19. The maximum atomic E-state index is 13.4. The van der Waals surface area contributed by atoms with Gasteiger partial charge < -0.3 is 4.90 Å². The summed E-state index contributed by atoms with van der Waals surface area (Å²) in [6.07, 6.45) is 3.10. The minimum Gasteiger partial charge on any atom is -0.322 e. The van der Waals surface area contributed by atoms with Gasteiger partial charge in [0.15, 0.2) is 0 Å². The van der Waals surface area contributed by atoms with Crippen LogP contribution in [0.3, 0.4) is 0 Å². The lowest BCUT2D eigenvalue weighted by molar-refractivity contribution is -0.122. The molecule has 0 aliphatic carbocycles. The zero-order chi connectivity index (χ0) is 22.0. The average molecular weight is 417 g/mol. The van der Waals surface area contributed by atoms with E-state index in [0.29, 0.717) is 5.56 Å². The fraction of sp³-hybridized carbons (Fsp3) is 0.167. The van der Waals surface area contributed by atoms with Gasteiger partial charge in [-0.1, -0.05) is 23.8 Å². The molecule has 7 heteroatoms. The molecule has 156 valence electrons. The van der Waals surface area contributed by atoms with Gasteiger partial charge in [0.2, 0.25) is 5.91 Å². The molecular formula is C24H20FN3O3. The van der Waals surface area contributed by atoms with Gasteiger partial charge in [0.25, 0.3) is 11.8 Å². The predicted molar refractivity (Wildman–Crippen MR) is 113 cm³/mol. The predicted octanol–water partition coefficient (Wildman–Crippen LogP) is 3.50. The Hall–Kier alpha value is -3.87. The average Bonchev–Trinajstić information content (AvgIpc) is 3.06. The lowest BCUT2D eigenvalue weighted by atomic mass is 10.1. The molecule has 2 aromatic carbocycles. The van der Waals surface area contributed by atoms with Gasteiger partial charge in [0.1, 0.15) is 11.9 Å². The second kappa shape index (κ2) is 8.47. The number of imide groups is 1. The van der Waals surface area contributed by atoms with E-state index in [4.69, 9.17) is 0 Å². The fourth-order valence-electron chi connectivity index (χ4n) is 3.68. The molecule has 0 N–H and O–H groups in total. The molecule has 3 amide bonds. The third-order valence-corrected chi connectivity index (χ3v) is 5.19. The first-order chi connectivity index (χ1) is 14.9. The van der Waals surface area contributed by atoms with Crippen LogP contribution < -0.4 is 4.90 Å². The molecule has 3 aromatic rings. The summed E-state index contributed by atoms with van der Waals surface area (Å²) in [6.45, 7) is 2.00. The standard InChI is InChI=1S/C24H20FN3O3/c1-16-4-2-6-18(12-16)23(30)27(15-17-5-3-11-26-14-17)21-13-22(29)28(24(21)31)20-9-7-19(25)8-10-20/h2-12,14,21H,13,15H2,1H3. The van der Waals surface area contributed by atoms with Gasteiger partial charge in [0.05, 0.1) is 12.1 Å². The SMILES string of the molecule is Cc1cccc(C(=O)N(Cc2cccnc2)C2CC(=O)N(c3ccc(F)cc3)C2=O)c1. The summed E-state index contributed by atoms with van der Waals surface area (Å²) in [7, 11) is 0. The number of aromatic nitrogens is 1. The Morgan fingerprint density at radius 3 is 2.58 bits per heavy atom. The Labute approximate surface area is 178 Å². The zero-order valence-corrected chi connectivity index (χ0v) is 16.9. The van der Waals surface area contributed by atoms with Gasteiger partial charge in [-0.15, -0.1) is 0 Å². The topological polar surface area (TPSA) is 70.6 Å². The molecule has 1 aliphatic rings. The molecule has 1 saturated heterocycles. The van der Waals surface area contributed by atoms with Crippen molar-refractivity contribution >= 4 is 23.4 Å². The van der Waals surface area contributed by atoms with Crippen molar-refractivity contribution in [2.24, 2.45) is 0 Å². The molecule has 1 fully saturated rings. The lowest BCUT2D eigenvalue weighted by Gasteiger charge is -2.28. The Kier molecular flexibility index (Phi) is 5.58. The Morgan fingerprint density at radius 2 is 1.90 bits per heavy atom. The molecule has 1 atom stereocenters. The van der Waals surface area contributed by atoms with Crippen LogP contribution in [0.2, 0.25) is 0 Å². The summed E-state index contributed by atoms with van der Waals surface area (Å²) in [6, 6.07) is 14.8. The van der Waals surface area contributed by atoms with E-state index in [-0.39, 0.29) is 24.6 Å². The van der Waals surface area contributed by atoms with E-state index < -0.39 is 23.7 Å². The molecular weight excluding hydrogens is 397 g/mol. The highest BCUT2D eigenvalue weighted by Gasteiger charge is 2.44. The summed E-state index contributed by atoms with van der Waals surface area (Å²) in [5.74, 6) is -1.76. The van der Waals surface area contributed by atoms with E-state index in [9.17, 15) is 18.8 Å². The van der Waals surface area contributed by atoms with E-state index in [1.165, 1.54) is 29.2 Å². The quantitative estimate of drug-likeness (QED) is 0.596. The van der Waals surface area contributed by atoms with Gasteiger partial charge in [-0.3, -0.25) is 19.4 Å². The van der Waals surface area contributed by atoms with E-state index >= 15 is 0 Å². The van der Waals surface area contributed by atoms with Gasteiger partial charge in [0, 0.05) is 24.5 Å². The van der Waals surface area contributed by atoms with Crippen LogP contribution >= 0.6 is 0 Å². The normalized spacial score (nSPS) is 15.9. The van der Waals surface area contributed by atoms with Crippen molar-refractivity contribution < 1.29 is 18.8 Å². The highest BCUT2D eigenvalue weighted by atomic mass is 19.1. The summed E-state index contributed by atoms with van der Waals surface area (Å²) in [4.78, 5) is 45.9. The van der Waals surface area contributed by atoms with Crippen molar-refractivity contribution in [2.45, 2.75) is 25.9 Å².